The smallest absolute Gasteiger partial charge is 0.261 e. The predicted octanol–water partition coefficient (Wildman–Crippen LogP) is 3.95. The summed E-state index contributed by atoms with van der Waals surface area (Å²) in [5, 5.41) is -0.0259. The van der Waals surface area contributed by atoms with Crippen molar-refractivity contribution in [1.82, 2.24) is 19.9 Å². The molecule has 12 heteroatoms. The maximum absolute atomic E-state index is 13.2. The topological polar surface area (TPSA) is 108 Å². The van der Waals surface area contributed by atoms with Crippen molar-refractivity contribution in [1.29, 1.82) is 0 Å². The number of hydrogen-bond donors (Lipinski definition) is 1. The van der Waals surface area contributed by atoms with Crippen LogP contribution in [-0.2, 0) is 14.8 Å². The summed E-state index contributed by atoms with van der Waals surface area (Å²) in [5.74, 6) is 0.237. The Morgan fingerprint density at radius 3 is 2.38 bits per heavy atom. The van der Waals surface area contributed by atoms with Gasteiger partial charge in [-0.3, -0.25) is 14.5 Å². The molecule has 190 valence electrons. The molecular weight excluding hydrogens is 519 g/mol. The molecule has 1 aliphatic rings. The van der Waals surface area contributed by atoms with Gasteiger partial charge in [0.05, 0.1) is 27.8 Å². The third kappa shape index (κ3) is 5.32. The van der Waals surface area contributed by atoms with Gasteiger partial charge >= 0.3 is 0 Å². The Labute approximate surface area is 218 Å². The minimum atomic E-state index is -4.01. The van der Waals surface area contributed by atoms with Crippen LogP contribution in [0.4, 0.5) is 15.9 Å². The second-order valence-corrected chi connectivity index (χ2v) is 10.6. The number of nitrogens with zero attached hydrogens (tertiary/aromatic N) is 5. The van der Waals surface area contributed by atoms with Crippen LogP contribution in [0.2, 0.25) is 5.15 Å². The number of benzene rings is 2. The largest absolute Gasteiger partial charge is 0.352 e. The maximum atomic E-state index is 13.2. The molecule has 1 saturated heterocycles. The molecule has 9 nitrogen and oxygen atoms in total. The summed E-state index contributed by atoms with van der Waals surface area (Å²) in [5.41, 5.74) is 2.81. The van der Waals surface area contributed by atoms with Gasteiger partial charge in [0.25, 0.3) is 10.0 Å². The molecular formula is C25H22ClFN6O3S. The van der Waals surface area contributed by atoms with Gasteiger partial charge in [0.15, 0.2) is 5.15 Å². The summed E-state index contributed by atoms with van der Waals surface area (Å²) in [6.07, 6.45) is 3.26. The number of carbonyl (C=O) groups excluding carboxylic acids is 1. The van der Waals surface area contributed by atoms with Crippen LogP contribution in [0.15, 0.2) is 65.8 Å². The van der Waals surface area contributed by atoms with Crippen molar-refractivity contribution in [2.45, 2.75) is 11.8 Å². The zero-order chi connectivity index (χ0) is 26.2. The Hall–Kier alpha value is -3.83. The number of sulfonamides is 1. The Bertz CT molecular complexity index is 1590. The van der Waals surface area contributed by atoms with E-state index in [1.807, 2.05) is 18.2 Å². The number of aromatic nitrogens is 3. The molecule has 0 radical (unpaired) electrons. The molecule has 0 spiro atoms. The number of piperazine rings is 1. The lowest BCUT2D eigenvalue weighted by molar-refractivity contribution is -0.129. The van der Waals surface area contributed by atoms with Gasteiger partial charge in [-0.15, -0.1) is 0 Å². The molecule has 3 heterocycles. The molecule has 0 aliphatic carbocycles. The molecule has 1 amide bonds. The van der Waals surface area contributed by atoms with Crippen molar-refractivity contribution < 1.29 is 17.6 Å². The van der Waals surface area contributed by atoms with Crippen molar-refractivity contribution in [3.05, 3.63) is 71.9 Å². The van der Waals surface area contributed by atoms with E-state index in [9.17, 15) is 17.6 Å². The van der Waals surface area contributed by atoms with Crippen molar-refractivity contribution in [3.63, 3.8) is 0 Å². The molecule has 2 aromatic heterocycles. The van der Waals surface area contributed by atoms with E-state index in [0.717, 1.165) is 23.5 Å². The number of carbonyl (C=O) groups is 1. The highest BCUT2D eigenvalue weighted by molar-refractivity contribution is 7.92. The fourth-order valence-electron chi connectivity index (χ4n) is 4.08. The molecule has 0 saturated carbocycles. The van der Waals surface area contributed by atoms with E-state index in [2.05, 4.69) is 19.6 Å². The minimum Gasteiger partial charge on any atom is -0.352 e. The fraction of sp³-hybridized carbons (Fsp3) is 0.200. The third-order valence-electron chi connectivity index (χ3n) is 6.12. The molecule has 1 N–H and O–H groups in total. The number of amides is 1. The lowest BCUT2D eigenvalue weighted by atomic mass is 10.1. The Morgan fingerprint density at radius 1 is 0.946 bits per heavy atom. The second kappa shape index (κ2) is 9.91. The highest BCUT2D eigenvalue weighted by atomic mass is 35.5. The number of anilines is 2. The molecule has 0 atom stereocenters. The molecule has 1 fully saturated rings. The van der Waals surface area contributed by atoms with Gasteiger partial charge in [-0.1, -0.05) is 17.7 Å². The first-order chi connectivity index (χ1) is 17.7. The Balaban J connectivity index is 1.42. The summed E-state index contributed by atoms with van der Waals surface area (Å²) < 4.78 is 41.2. The Kier molecular flexibility index (Phi) is 6.65. The van der Waals surface area contributed by atoms with Gasteiger partial charge in [-0.25, -0.2) is 22.8 Å². The van der Waals surface area contributed by atoms with Crippen molar-refractivity contribution in [2.75, 3.05) is 35.8 Å². The average molecular weight is 541 g/mol. The van der Waals surface area contributed by atoms with Crippen molar-refractivity contribution >= 4 is 50.1 Å². The molecule has 0 bridgehead atoms. The first-order valence-electron chi connectivity index (χ1n) is 11.4. The van der Waals surface area contributed by atoms with E-state index in [-0.39, 0.29) is 21.6 Å². The summed E-state index contributed by atoms with van der Waals surface area (Å²) >= 11 is 6.18. The predicted molar refractivity (Wildman–Crippen MR) is 139 cm³/mol. The SMILES string of the molecule is CC(=O)N1CCN(c2cnc3ccc(-c4cnc(Cl)c(NS(=O)(=O)c5ccc(F)cc5)c4)cc3n2)CC1. The Morgan fingerprint density at radius 2 is 1.68 bits per heavy atom. The van der Waals surface area contributed by atoms with E-state index in [1.54, 1.807) is 24.1 Å². The zero-order valence-corrected chi connectivity index (χ0v) is 21.3. The molecule has 0 unspecified atom stereocenters. The van der Waals surface area contributed by atoms with Crippen LogP contribution in [0.1, 0.15) is 6.92 Å². The van der Waals surface area contributed by atoms with Gasteiger partial charge in [-0.05, 0) is 48.0 Å². The van der Waals surface area contributed by atoms with Crippen LogP contribution in [0, 0.1) is 5.82 Å². The highest BCUT2D eigenvalue weighted by Crippen LogP contribution is 2.30. The van der Waals surface area contributed by atoms with Gasteiger partial charge in [0.1, 0.15) is 11.6 Å². The van der Waals surface area contributed by atoms with Crippen LogP contribution in [0.5, 0.6) is 0 Å². The summed E-state index contributed by atoms with van der Waals surface area (Å²) in [7, 11) is -4.01. The molecule has 2 aromatic carbocycles. The number of rotatable bonds is 5. The number of hydrogen-bond acceptors (Lipinski definition) is 7. The molecule has 5 rings (SSSR count). The zero-order valence-electron chi connectivity index (χ0n) is 19.7. The maximum Gasteiger partial charge on any atom is 0.261 e. The summed E-state index contributed by atoms with van der Waals surface area (Å²) in [4.78, 5) is 28.8. The average Bonchev–Trinajstić information content (AvgIpc) is 2.89. The quantitative estimate of drug-likeness (QED) is 0.382. The van der Waals surface area contributed by atoms with Crippen LogP contribution in [0.25, 0.3) is 22.2 Å². The monoisotopic (exact) mass is 540 g/mol. The normalized spacial score (nSPS) is 14.1. The van der Waals surface area contributed by atoms with Crippen molar-refractivity contribution in [3.8, 4) is 11.1 Å². The van der Waals surface area contributed by atoms with Gasteiger partial charge in [-0.2, -0.15) is 0 Å². The fourth-order valence-corrected chi connectivity index (χ4v) is 5.34. The minimum absolute atomic E-state index is 0.0259. The number of fused-ring (bicyclic) bond motifs is 1. The second-order valence-electron chi connectivity index (χ2n) is 8.55. The van der Waals surface area contributed by atoms with E-state index in [0.29, 0.717) is 42.8 Å². The lowest BCUT2D eigenvalue weighted by Gasteiger charge is -2.34. The van der Waals surface area contributed by atoms with Crippen LogP contribution in [0.3, 0.4) is 0 Å². The van der Waals surface area contributed by atoms with E-state index >= 15 is 0 Å². The first kappa shape index (κ1) is 24.8. The highest BCUT2D eigenvalue weighted by Gasteiger charge is 2.20. The first-order valence-corrected chi connectivity index (χ1v) is 13.3. The molecule has 37 heavy (non-hydrogen) atoms. The number of halogens is 2. The van der Waals surface area contributed by atoms with E-state index in [1.165, 1.54) is 18.3 Å². The number of pyridine rings is 1. The van der Waals surface area contributed by atoms with Crippen LogP contribution < -0.4 is 9.62 Å². The van der Waals surface area contributed by atoms with Gasteiger partial charge < -0.3 is 9.80 Å². The van der Waals surface area contributed by atoms with Gasteiger partial charge in [0.2, 0.25) is 5.91 Å². The lowest BCUT2D eigenvalue weighted by Crippen LogP contribution is -2.48. The van der Waals surface area contributed by atoms with E-state index in [4.69, 9.17) is 16.6 Å². The standard InChI is InChI=1S/C25H22ClFN6O3S/c1-16(34)32-8-10-33(11-9-32)24-15-28-21-7-2-17(12-22(21)30-24)18-13-23(25(26)29-14-18)31-37(35,36)20-5-3-19(27)4-6-20/h2-7,12-15,31H,8-11H2,1H3. The van der Waals surface area contributed by atoms with Gasteiger partial charge in [0, 0.05) is 44.9 Å². The van der Waals surface area contributed by atoms with Crippen LogP contribution >= 0.6 is 11.6 Å². The molecule has 4 aromatic rings. The summed E-state index contributed by atoms with van der Waals surface area (Å²) in [6.45, 7) is 4.15. The summed E-state index contributed by atoms with van der Waals surface area (Å²) in [6, 6.07) is 11.6. The van der Waals surface area contributed by atoms with Crippen molar-refractivity contribution in [2.24, 2.45) is 0 Å². The number of nitrogens with one attached hydrogen (secondary N) is 1. The molecule has 1 aliphatic heterocycles. The van der Waals surface area contributed by atoms with E-state index < -0.39 is 15.8 Å². The van der Waals surface area contributed by atoms with Crippen LogP contribution in [-0.4, -0.2) is 60.4 Å². The third-order valence-corrected chi connectivity index (χ3v) is 7.80.